The number of aromatic nitrogens is 3. The van der Waals surface area contributed by atoms with Gasteiger partial charge in [0, 0.05) is 26.8 Å². The molecule has 9 heteroatoms. The third-order valence-electron chi connectivity index (χ3n) is 4.57. The standard InChI is InChI=1S/C19H18N4O5/c1-22(10-11-3-4-14-15(7-11)28-6-5-27-14)18(25)12-8-13-16(20-9-12)23(2)19(26)21-17(13)24/h3-4,7-9H,5-6,10H2,1-2H3,(H,21,24,26). The molecule has 0 fully saturated rings. The maximum Gasteiger partial charge on any atom is 0.329 e. The quantitative estimate of drug-likeness (QED) is 0.713. The van der Waals surface area contributed by atoms with Crippen LogP contribution in [-0.2, 0) is 13.6 Å². The summed E-state index contributed by atoms with van der Waals surface area (Å²) in [6.45, 7) is 1.35. The van der Waals surface area contributed by atoms with Gasteiger partial charge in [-0.05, 0) is 23.8 Å². The molecule has 2 aromatic heterocycles. The number of benzene rings is 1. The number of pyridine rings is 1. The maximum atomic E-state index is 12.8. The van der Waals surface area contributed by atoms with Gasteiger partial charge in [-0.15, -0.1) is 0 Å². The van der Waals surface area contributed by atoms with Crippen molar-refractivity contribution in [2.24, 2.45) is 7.05 Å². The molecule has 0 atom stereocenters. The summed E-state index contributed by atoms with van der Waals surface area (Å²) in [4.78, 5) is 44.4. The number of amides is 1. The Morgan fingerprint density at radius 2 is 1.96 bits per heavy atom. The maximum absolute atomic E-state index is 12.8. The molecule has 1 aliphatic rings. The molecule has 1 aliphatic heterocycles. The number of aromatic amines is 1. The molecular weight excluding hydrogens is 364 g/mol. The van der Waals surface area contributed by atoms with Gasteiger partial charge in [0.2, 0.25) is 0 Å². The SMILES string of the molecule is CN(Cc1ccc2c(c1)OCCO2)C(=O)c1cnc2c(c1)c(=O)[nH]c(=O)n2C. The zero-order chi connectivity index (χ0) is 19.8. The Bertz CT molecular complexity index is 1200. The van der Waals surface area contributed by atoms with Crippen molar-refractivity contribution in [1.29, 1.82) is 0 Å². The third kappa shape index (κ3) is 3.11. The molecule has 0 spiro atoms. The lowest BCUT2D eigenvalue weighted by Gasteiger charge is -2.21. The van der Waals surface area contributed by atoms with Crippen molar-refractivity contribution >= 4 is 16.9 Å². The molecule has 9 nitrogen and oxygen atoms in total. The van der Waals surface area contributed by atoms with E-state index < -0.39 is 11.2 Å². The number of rotatable bonds is 3. The van der Waals surface area contributed by atoms with Crippen molar-refractivity contribution in [3.05, 3.63) is 62.4 Å². The summed E-state index contributed by atoms with van der Waals surface area (Å²) in [5, 5.41) is 0.181. The van der Waals surface area contributed by atoms with Gasteiger partial charge in [0.15, 0.2) is 11.5 Å². The fourth-order valence-electron chi connectivity index (χ4n) is 3.11. The smallest absolute Gasteiger partial charge is 0.329 e. The molecule has 0 saturated carbocycles. The summed E-state index contributed by atoms with van der Waals surface area (Å²) < 4.78 is 12.3. The Morgan fingerprint density at radius 3 is 2.75 bits per heavy atom. The van der Waals surface area contributed by atoms with Gasteiger partial charge in [0.25, 0.3) is 11.5 Å². The minimum absolute atomic E-state index is 0.181. The summed E-state index contributed by atoms with van der Waals surface area (Å²) in [7, 11) is 3.16. The highest BCUT2D eigenvalue weighted by Crippen LogP contribution is 2.31. The van der Waals surface area contributed by atoms with E-state index in [0.717, 1.165) is 5.56 Å². The van der Waals surface area contributed by atoms with Gasteiger partial charge in [0.05, 0.1) is 10.9 Å². The van der Waals surface area contributed by atoms with Crippen LogP contribution < -0.4 is 20.7 Å². The Labute approximate surface area is 159 Å². The molecule has 3 heterocycles. The summed E-state index contributed by atoms with van der Waals surface area (Å²) in [5.74, 6) is 1.05. The second-order valence-electron chi connectivity index (χ2n) is 6.55. The van der Waals surface area contributed by atoms with Crippen LogP contribution in [0.25, 0.3) is 11.0 Å². The monoisotopic (exact) mass is 382 g/mol. The second kappa shape index (κ2) is 6.84. The highest BCUT2D eigenvalue weighted by atomic mass is 16.6. The van der Waals surface area contributed by atoms with Crippen LogP contribution in [0.3, 0.4) is 0 Å². The van der Waals surface area contributed by atoms with Crippen molar-refractivity contribution in [2.75, 3.05) is 20.3 Å². The van der Waals surface area contributed by atoms with Gasteiger partial charge in [0.1, 0.15) is 18.9 Å². The number of H-pyrrole nitrogens is 1. The first-order valence-electron chi connectivity index (χ1n) is 8.67. The molecule has 144 valence electrons. The Balaban J connectivity index is 1.60. The molecule has 1 amide bonds. The van der Waals surface area contributed by atoms with Gasteiger partial charge in [-0.3, -0.25) is 19.1 Å². The molecule has 0 bridgehead atoms. The van der Waals surface area contributed by atoms with Crippen molar-refractivity contribution in [2.45, 2.75) is 6.54 Å². The van der Waals surface area contributed by atoms with Gasteiger partial charge in [-0.2, -0.15) is 0 Å². The van der Waals surface area contributed by atoms with Crippen molar-refractivity contribution in [3.63, 3.8) is 0 Å². The van der Waals surface area contributed by atoms with E-state index in [1.807, 2.05) is 18.2 Å². The first-order valence-corrected chi connectivity index (χ1v) is 8.67. The highest BCUT2D eigenvalue weighted by Gasteiger charge is 2.17. The number of carbonyl (C=O) groups is 1. The van der Waals surface area contributed by atoms with Crippen LogP contribution in [0.5, 0.6) is 11.5 Å². The van der Waals surface area contributed by atoms with E-state index in [2.05, 4.69) is 9.97 Å². The van der Waals surface area contributed by atoms with E-state index in [1.165, 1.54) is 28.8 Å². The molecule has 0 saturated heterocycles. The molecule has 0 radical (unpaired) electrons. The van der Waals surface area contributed by atoms with Crippen molar-refractivity contribution < 1.29 is 14.3 Å². The molecule has 4 rings (SSSR count). The minimum Gasteiger partial charge on any atom is -0.486 e. The highest BCUT2D eigenvalue weighted by molar-refractivity contribution is 5.96. The van der Waals surface area contributed by atoms with Gasteiger partial charge >= 0.3 is 5.69 Å². The normalized spacial score (nSPS) is 12.8. The van der Waals surface area contributed by atoms with Crippen LogP contribution in [0, 0.1) is 0 Å². The number of hydrogen-bond donors (Lipinski definition) is 1. The summed E-state index contributed by atoms with van der Waals surface area (Å²) in [6, 6.07) is 6.98. The topological polar surface area (TPSA) is 107 Å². The van der Waals surface area contributed by atoms with Crippen molar-refractivity contribution in [3.8, 4) is 11.5 Å². The molecule has 0 unspecified atom stereocenters. The van der Waals surface area contributed by atoms with E-state index in [0.29, 0.717) is 31.3 Å². The average molecular weight is 382 g/mol. The third-order valence-corrected chi connectivity index (χ3v) is 4.57. The van der Waals surface area contributed by atoms with Crippen LogP contribution in [-0.4, -0.2) is 45.6 Å². The number of nitrogens with one attached hydrogen (secondary N) is 1. The largest absolute Gasteiger partial charge is 0.486 e. The zero-order valence-electron chi connectivity index (χ0n) is 15.4. The van der Waals surface area contributed by atoms with Crippen LogP contribution in [0.1, 0.15) is 15.9 Å². The Morgan fingerprint density at radius 1 is 1.21 bits per heavy atom. The Kier molecular flexibility index (Phi) is 4.34. The van der Waals surface area contributed by atoms with Gasteiger partial charge in [-0.25, -0.2) is 9.78 Å². The minimum atomic E-state index is -0.574. The summed E-state index contributed by atoms with van der Waals surface area (Å²) >= 11 is 0. The average Bonchev–Trinajstić information content (AvgIpc) is 2.71. The lowest BCUT2D eigenvalue weighted by Crippen LogP contribution is -2.30. The lowest BCUT2D eigenvalue weighted by molar-refractivity contribution is 0.0784. The Hall–Kier alpha value is -3.62. The lowest BCUT2D eigenvalue weighted by atomic mass is 10.1. The van der Waals surface area contributed by atoms with Gasteiger partial charge in [-0.1, -0.05) is 6.07 Å². The van der Waals surface area contributed by atoms with Crippen LogP contribution in [0.2, 0.25) is 0 Å². The first-order chi connectivity index (χ1) is 13.4. The first kappa shape index (κ1) is 17.8. The van der Waals surface area contributed by atoms with Crippen LogP contribution in [0.15, 0.2) is 40.1 Å². The molecule has 0 aliphatic carbocycles. The fraction of sp³-hybridized carbons (Fsp3) is 0.263. The van der Waals surface area contributed by atoms with Crippen molar-refractivity contribution in [1.82, 2.24) is 19.4 Å². The van der Waals surface area contributed by atoms with E-state index in [1.54, 1.807) is 7.05 Å². The van der Waals surface area contributed by atoms with E-state index >= 15 is 0 Å². The van der Waals surface area contributed by atoms with E-state index in [-0.39, 0.29) is 22.5 Å². The molecule has 3 aromatic rings. The van der Waals surface area contributed by atoms with E-state index in [4.69, 9.17) is 9.47 Å². The fourth-order valence-corrected chi connectivity index (χ4v) is 3.11. The molecular formula is C19H18N4O5. The zero-order valence-corrected chi connectivity index (χ0v) is 15.4. The summed E-state index contributed by atoms with van der Waals surface area (Å²) in [6.07, 6.45) is 1.36. The van der Waals surface area contributed by atoms with Gasteiger partial charge < -0.3 is 14.4 Å². The number of fused-ring (bicyclic) bond motifs is 2. The number of carbonyl (C=O) groups excluding carboxylic acids is 1. The predicted molar refractivity (Wildman–Crippen MR) is 101 cm³/mol. The number of ether oxygens (including phenoxy) is 2. The van der Waals surface area contributed by atoms with Crippen LogP contribution in [0.4, 0.5) is 0 Å². The molecule has 1 N–H and O–H groups in total. The number of nitrogens with zero attached hydrogens (tertiary/aromatic N) is 3. The predicted octanol–water partition coefficient (Wildman–Crippen LogP) is 0.665. The van der Waals surface area contributed by atoms with E-state index in [9.17, 15) is 14.4 Å². The molecule has 28 heavy (non-hydrogen) atoms. The second-order valence-corrected chi connectivity index (χ2v) is 6.55. The number of hydrogen-bond acceptors (Lipinski definition) is 6. The summed E-state index contributed by atoms with van der Waals surface area (Å²) in [5.41, 5.74) is 0.236. The van der Waals surface area contributed by atoms with Crippen LogP contribution >= 0.6 is 0 Å². The molecule has 1 aromatic carbocycles. The number of aryl methyl sites for hydroxylation is 1.